The van der Waals surface area contributed by atoms with Crippen LogP contribution in [0.2, 0.25) is 0 Å². The van der Waals surface area contributed by atoms with Crippen LogP contribution in [0, 0.1) is 5.92 Å². The van der Waals surface area contributed by atoms with E-state index in [1.807, 2.05) is 18.2 Å². The van der Waals surface area contributed by atoms with Crippen molar-refractivity contribution >= 4 is 6.29 Å². The van der Waals surface area contributed by atoms with Crippen molar-refractivity contribution in [1.29, 1.82) is 0 Å². The Morgan fingerprint density at radius 3 is 2.33 bits per heavy atom. The molecule has 0 amide bonds. The molecule has 0 N–H and O–H groups in total. The van der Waals surface area contributed by atoms with Crippen LogP contribution >= 0.6 is 0 Å². The number of rotatable bonds is 6. The first-order chi connectivity index (χ1) is 7.24. The molecule has 0 saturated carbocycles. The third-order valence-corrected chi connectivity index (χ3v) is 2.74. The van der Waals surface area contributed by atoms with Gasteiger partial charge in [0.2, 0.25) is 0 Å². The zero-order chi connectivity index (χ0) is 11.1. The van der Waals surface area contributed by atoms with E-state index in [0.717, 1.165) is 12.7 Å². The van der Waals surface area contributed by atoms with Gasteiger partial charge >= 0.3 is 0 Å². The van der Waals surface area contributed by atoms with Gasteiger partial charge in [-0.3, -0.25) is 0 Å². The second-order valence-electron chi connectivity index (χ2n) is 4.48. The van der Waals surface area contributed by atoms with Crippen molar-refractivity contribution in [2.45, 2.75) is 39.0 Å². The highest BCUT2D eigenvalue weighted by molar-refractivity contribution is 5.51. The summed E-state index contributed by atoms with van der Waals surface area (Å²) in [4.78, 5) is 10.6. The van der Waals surface area contributed by atoms with E-state index in [2.05, 4.69) is 26.0 Å². The van der Waals surface area contributed by atoms with Crippen molar-refractivity contribution in [2.24, 2.45) is 5.92 Å². The van der Waals surface area contributed by atoms with Crippen LogP contribution in [0.1, 0.15) is 44.6 Å². The fraction of sp³-hybridized carbons (Fsp3) is 0.500. The fourth-order valence-corrected chi connectivity index (χ4v) is 1.80. The molecule has 1 atom stereocenters. The van der Waals surface area contributed by atoms with E-state index in [1.54, 1.807) is 0 Å². The van der Waals surface area contributed by atoms with E-state index in [9.17, 15) is 4.79 Å². The van der Waals surface area contributed by atoms with E-state index in [0.29, 0.717) is 18.3 Å². The summed E-state index contributed by atoms with van der Waals surface area (Å²) in [5.41, 5.74) is 1.30. The number of carbonyl (C=O) groups is 1. The molecule has 0 bridgehead atoms. The summed E-state index contributed by atoms with van der Waals surface area (Å²) in [6, 6.07) is 10.3. The van der Waals surface area contributed by atoms with E-state index in [1.165, 1.54) is 12.0 Å². The molecule has 0 radical (unpaired) electrons. The lowest BCUT2D eigenvalue weighted by Crippen LogP contribution is -2.01. The van der Waals surface area contributed by atoms with Crippen LogP contribution in [-0.2, 0) is 4.79 Å². The molecule has 0 fully saturated rings. The first kappa shape index (κ1) is 12.0. The SMILES string of the molecule is CC(C)CCC(CC=O)c1ccccc1. The lowest BCUT2D eigenvalue weighted by molar-refractivity contribution is -0.108. The monoisotopic (exact) mass is 204 g/mol. The Bertz CT molecular complexity index is 277. The van der Waals surface area contributed by atoms with Gasteiger partial charge in [0.15, 0.2) is 0 Å². The first-order valence-corrected chi connectivity index (χ1v) is 5.72. The molecule has 1 rings (SSSR count). The summed E-state index contributed by atoms with van der Waals surface area (Å²) in [5, 5.41) is 0. The highest BCUT2D eigenvalue weighted by atomic mass is 16.1. The minimum absolute atomic E-state index is 0.408. The van der Waals surface area contributed by atoms with Gasteiger partial charge in [-0.15, -0.1) is 0 Å². The van der Waals surface area contributed by atoms with Gasteiger partial charge < -0.3 is 4.79 Å². The fourth-order valence-electron chi connectivity index (χ4n) is 1.80. The van der Waals surface area contributed by atoms with E-state index >= 15 is 0 Å². The van der Waals surface area contributed by atoms with Crippen LogP contribution in [0.25, 0.3) is 0 Å². The van der Waals surface area contributed by atoms with E-state index < -0.39 is 0 Å². The van der Waals surface area contributed by atoms with Gasteiger partial charge in [-0.2, -0.15) is 0 Å². The van der Waals surface area contributed by atoms with Crippen LogP contribution in [-0.4, -0.2) is 6.29 Å². The molecule has 0 aliphatic rings. The molecule has 1 heteroatoms. The molecule has 1 aromatic carbocycles. The zero-order valence-corrected chi connectivity index (χ0v) is 9.65. The summed E-state index contributed by atoms with van der Waals surface area (Å²) >= 11 is 0. The Morgan fingerprint density at radius 1 is 1.13 bits per heavy atom. The zero-order valence-electron chi connectivity index (χ0n) is 9.65. The Kier molecular flexibility index (Phi) is 5.09. The van der Waals surface area contributed by atoms with Gasteiger partial charge in [-0.05, 0) is 23.8 Å². The number of aldehydes is 1. The van der Waals surface area contributed by atoms with E-state index in [4.69, 9.17) is 0 Å². The molecular weight excluding hydrogens is 184 g/mol. The second-order valence-corrected chi connectivity index (χ2v) is 4.48. The van der Waals surface area contributed by atoms with Crippen molar-refractivity contribution < 1.29 is 4.79 Å². The summed E-state index contributed by atoms with van der Waals surface area (Å²) in [7, 11) is 0. The third-order valence-electron chi connectivity index (χ3n) is 2.74. The quantitative estimate of drug-likeness (QED) is 0.644. The van der Waals surface area contributed by atoms with Crippen LogP contribution in [0.5, 0.6) is 0 Å². The van der Waals surface area contributed by atoms with Crippen molar-refractivity contribution in [1.82, 2.24) is 0 Å². The molecule has 0 aliphatic heterocycles. The van der Waals surface area contributed by atoms with Crippen LogP contribution in [0.15, 0.2) is 30.3 Å². The topological polar surface area (TPSA) is 17.1 Å². The van der Waals surface area contributed by atoms with Gasteiger partial charge in [0, 0.05) is 6.42 Å². The highest BCUT2D eigenvalue weighted by Crippen LogP contribution is 2.25. The largest absolute Gasteiger partial charge is 0.303 e. The summed E-state index contributed by atoms with van der Waals surface area (Å²) in [5.74, 6) is 1.12. The Morgan fingerprint density at radius 2 is 1.80 bits per heavy atom. The number of hydrogen-bond acceptors (Lipinski definition) is 1. The van der Waals surface area contributed by atoms with Gasteiger partial charge in [0.25, 0.3) is 0 Å². The molecule has 0 heterocycles. The van der Waals surface area contributed by atoms with Gasteiger partial charge in [0.1, 0.15) is 6.29 Å². The smallest absolute Gasteiger partial charge is 0.120 e. The van der Waals surface area contributed by atoms with Gasteiger partial charge in [-0.1, -0.05) is 50.6 Å². The van der Waals surface area contributed by atoms with Crippen molar-refractivity contribution in [2.75, 3.05) is 0 Å². The van der Waals surface area contributed by atoms with Crippen LogP contribution in [0.3, 0.4) is 0 Å². The summed E-state index contributed by atoms with van der Waals surface area (Å²) in [6.07, 6.45) is 3.99. The molecule has 1 nitrogen and oxygen atoms in total. The molecule has 82 valence electrons. The standard InChI is InChI=1S/C14H20O/c1-12(2)8-9-14(10-11-15)13-6-4-3-5-7-13/h3-7,11-12,14H,8-10H2,1-2H3. The lowest BCUT2D eigenvalue weighted by Gasteiger charge is -2.15. The average Bonchev–Trinajstić information content (AvgIpc) is 2.25. The van der Waals surface area contributed by atoms with Crippen LogP contribution in [0.4, 0.5) is 0 Å². The van der Waals surface area contributed by atoms with Crippen LogP contribution < -0.4 is 0 Å². The summed E-state index contributed by atoms with van der Waals surface area (Å²) < 4.78 is 0. The predicted octanol–water partition coefficient (Wildman–Crippen LogP) is 3.80. The Balaban J connectivity index is 2.61. The average molecular weight is 204 g/mol. The van der Waals surface area contributed by atoms with Crippen molar-refractivity contribution in [3.8, 4) is 0 Å². The molecule has 1 unspecified atom stereocenters. The first-order valence-electron chi connectivity index (χ1n) is 5.72. The predicted molar refractivity (Wildman–Crippen MR) is 63.9 cm³/mol. The lowest BCUT2D eigenvalue weighted by atomic mass is 9.89. The molecule has 0 spiro atoms. The second kappa shape index (κ2) is 6.39. The molecule has 1 aromatic rings. The Hall–Kier alpha value is -1.11. The molecule has 0 saturated heterocycles. The molecule has 0 aliphatic carbocycles. The van der Waals surface area contributed by atoms with Gasteiger partial charge in [-0.25, -0.2) is 0 Å². The molecule has 15 heavy (non-hydrogen) atoms. The summed E-state index contributed by atoms with van der Waals surface area (Å²) in [6.45, 7) is 4.45. The normalized spacial score (nSPS) is 12.7. The third kappa shape index (κ3) is 4.28. The number of hydrogen-bond donors (Lipinski definition) is 0. The maximum absolute atomic E-state index is 10.6. The Labute approximate surface area is 92.5 Å². The minimum Gasteiger partial charge on any atom is -0.303 e. The minimum atomic E-state index is 0.408. The van der Waals surface area contributed by atoms with Crippen molar-refractivity contribution in [3.05, 3.63) is 35.9 Å². The highest BCUT2D eigenvalue weighted by Gasteiger charge is 2.11. The number of benzene rings is 1. The maximum Gasteiger partial charge on any atom is 0.120 e. The molecule has 0 aromatic heterocycles. The maximum atomic E-state index is 10.6. The number of carbonyl (C=O) groups excluding carboxylic acids is 1. The van der Waals surface area contributed by atoms with Crippen molar-refractivity contribution in [3.63, 3.8) is 0 Å². The molecular formula is C14H20O. The van der Waals surface area contributed by atoms with E-state index in [-0.39, 0.29) is 0 Å². The van der Waals surface area contributed by atoms with Gasteiger partial charge in [0.05, 0.1) is 0 Å².